The van der Waals surface area contributed by atoms with Gasteiger partial charge in [-0.15, -0.1) is 0 Å². The first-order valence-electron chi connectivity index (χ1n) is 10.8. The Labute approximate surface area is 192 Å². The number of likely N-dealkylation sites (tertiary alicyclic amines) is 1. The Hall–Kier alpha value is -3.56. The van der Waals surface area contributed by atoms with E-state index < -0.39 is 23.7 Å². The van der Waals surface area contributed by atoms with Gasteiger partial charge in [0, 0.05) is 30.7 Å². The molecule has 10 heteroatoms. The first-order valence-corrected chi connectivity index (χ1v) is 10.8. The molecular weight excluding hydrogens is 452 g/mol. The van der Waals surface area contributed by atoms with Crippen molar-refractivity contribution in [2.75, 3.05) is 6.54 Å². The molecule has 2 aliphatic rings. The van der Waals surface area contributed by atoms with Gasteiger partial charge >= 0.3 is 6.18 Å². The van der Waals surface area contributed by atoms with Crippen molar-refractivity contribution in [2.24, 2.45) is 5.92 Å². The van der Waals surface area contributed by atoms with Crippen LogP contribution >= 0.6 is 0 Å². The number of aromatic nitrogens is 3. The Balaban J connectivity index is 1.39. The zero-order valence-corrected chi connectivity index (χ0v) is 18.1. The minimum atomic E-state index is -4.48. The van der Waals surface area contributed by atoms with Crippen molar-refractivity contribution in [2.45, 2.75) is 38.1 Å². The van der Waals surface area contributed by atoms with Crippen LogP contribution in [-0.2, 0) is 6.18 Å². The highest BCUT2D eigenvalue weighted by atomic mass is 19.4. The molecule has 176 valence electrons. The minimum Gasteiger partial charge on any atom is -0.472 e. The number of aryl methyl sites for hydroxylation is 1. The molecule has 34 heavy (non-hydrogen) atoms. The Morgan fingerprint density at radius 1 is 1.09 bits per heavy atom. The molecule has 4 heterocycles. The summed E-state index contributed by atoms with van der Waals surface area (Å²) < 4.78 is 58.7. The molecule has 6 nitrogen and oxygen atoms in total. The van der Waals surface area contributed by atoms with E-state index in [4.69, 9.17) is 4.74 Å². The third-order valence-electron chi connectivity index (χ3n) is 6.27. The van der Waals surface area contributed by atoms with Gasteiger partial charge in [0.1, 0.15) is 17.5 Å². The summed E-state index contributed by atoms with van der Waals surface area (Å²) in [5.41, 5.74) is 0.176. The summed E-state index contributed by atoms with van der Waals surface area (Å²) in [7, 11) is 0. The zero-order chi connectivity index (χ0) is 24.0. The van der Waals surface area contributed by atoms with E-state index in [2.05, 4.69) is 15.0 Å². The van der Waals surface area contributed by atoms with Gasteiger partial charge in [0.05, 0.1) is 17.2 Å². The summed E-state index contributed by atoms with van der Waals surface area (Å²) >= 11 is 0. The number of carbonyl (C=O) groups is 1. The fraction of sp³-hybridized carbons (Fsp3) is 0.333. The summed E-state index contributed by atoms with van der Waals surface area (Å²) in [4.78, 5) is 27.5. The molecule has 0 radical (unpaired) electrons. The normalized spacial score (nSPS) is 21.7. The fourth-order valence-corrected chi connectivity index (χ4v) is 4.72. The second-order valence-corrected chi connectivity index (χ2v) is 8.58. The Bertz CT molecular complexity index is 1230. The molecule has 3 unspecified atom stereocenters. The molecule has 5 rings (SSSR count). The van der Waals surface area contributed by atoms with Gasteiger partial charge in [-0.05, 0) is 56.0 Å². The van der Waals surface area contributed by atoms with Crippen molar-refractivity contribution < 1.29 is 27.1 Å². The SMILES string of the molecule is Cc1ccc(C(=O)N2CC3CC(Oc4ccc(C(F)(F)F)cn4)C2C3)c(-c2ncccc2F)n1. The average molecular weight is 472 g/mol. The van der Waals surface area contributed by atoms with Crippen LogP contribution < -0.4 is 4.74 Å². The quantitative estimate of drug-likeness (QED) is 0.516. The number of halogens is 4. The van der Waals surface area contributed by atoms with Crippen molar-refractivity contribution in [3.05, 3.63) is 71.4 Å². The molecule has 3 aromatic heterocycles. The van der Waals surface area contributed by atoms with Gasteiger partial charge in [-0.25, -0.2) is 9.37 Å². The lowest BCUT2D eigenvalue weighted by molar-refractivity contribution is -0.137. The second kappa shape index (κ2) is 8.34. The predicted octanol–water partition coefficient (Wildman–Crippen LogP) is 4.69. The van der Waals surface area contributed by atoms with Gasteiger partial charge in [0.25, 0.3) is 5.91 Å². The summed E-state index contributed by atoms with van der Waals surface area (Å²) in [5.74, 6) is -0.617. The number of hydrogen-bond acceptors (Lipinski definition) is 5. The number of ether oxygens (including phenoxy) is 1. The summed E-state index contributed by atoms with van der Waals surface area (Å²) in [6, 6.07) is 7.87. The van der Waals surface area contributed by atoms with E-state index in [0.717, 1.165) is 12.3 Å². The van der Waals surface area contributed by atoms with Crippen molar-refractivity contribution in [3.63, 3.8) is 0 Å². The third-order valence-corrected chi connectivity index (χ3v) is 6.27. The van der Waals surface area contributed by atoms with E-state index in [9.17, 15) is 22.4 Å². The van der Waals surface area contributed by atoms with Gasteiger partial charge in [0.2, 0.25) is 5.88 Å². The van der Waals surface area contributed by atoms with Crippen LogP contribution in [0.4, 0.5) is 17.6 Å². The number of carbonyl (C=O) groups excluding carboxylic acids is 1. The van der Waals surface area contributed by atoms with Gasteiger partial charge < -0.3 is 9.64 Å². The maximum absolute atomic E-state index is 14.5. The number of alkyl halides is 3. The van der Waals surface area contributed by atoms with E-state index in [-0.39, 0.29) is 40.7 Å². The first kappa shape index (κ1) is 22.2. The fourth-order valence-electron chi connectivity index (χ4n) is 4.72. The molecule has 3 atom stereocenters. The molecular formula is C24H20F4N4O2. The lowest BCUT2D eigenvalue weighted by Crippen LogP contribution is -2.47. The van der Waals surface area contributed by atoms with Crippen LogP contribution in [0.3, 0.4) is 0 Å². The molecule has 0 spiro atoms. The van der Waals surface area contributed by atoms with Gasteiger partial charge in [0.15, 0.2) is 5.82 Å². The molecule has 3 aromatic rings. The first-order chi connectivity index (χ1) is 16.2. The van der Waals surface area contributed by atoms with Crippen LogP contribution in [0.25, 0.3) is 11.4 Å². The summed E-state index contributed by atoms with van der Waals surface area (Å²) in [6.45, 7) is 2.26. The number of rotatable bonds is 4. The van der Waals surface area contributed by atoms with Crippen molar-refractivity contribution in [3.8, 4) is 17.3 Å². The molecule has 0 N–H and O–H groups in total. The minimum absolute atomic E-state index is 0.000612. The highest BCUT2D eigenvalue weighted by molar-refractivity contribution is 6.00. The van der Waals surface area contributed by atoms with Crippen molar-refractivity contribution in [1.29, 1.82) is 0 Å². The van der Waals surface area contributed by atoms with E-state index in [0.29, 0.717) is 25.1 Å². The van der Waals surface area contributed by atoms with E-state index >= 15 is 0 Å². The lowest BCUT2D eigenvalue weighted by Gasteiger charge is -2.33. The maximum atomic E-state index is 14.5. The maximum Gasteiger partial charge on any atom is 0.417 e. The zero-order valence-electron chi connectivity index (χ0n) is 18.1. The summed E-state index contributed by atoms with van der Waals surface area (Å²) in [6.07, 6.45) is -1.32. The number of nitrogens with zero attached hydrogens (tertiary/aromatic N) is 4. The molecule has 1 saturated heterocycles. The molecule has 0 aromatic carbocycles. The standard InChI is InChI=1S/C24H20F4N4O2/c1-13-4-6-16(21(31-13)22-17(25)3-2-8-29-22)23(33)32-12-14-9-18(32)19(10-14)34-20-7-5-15(11-30-20)24(26,27)28/h2-8,11,14,18-19H,9-10,12H2,1H3. The summed E-state index contributed by atoms with van der Waals surface area (Å²) in [5, 5.41) is 0. The van der Waals surface area contributed by atoms with Gasteiger partial charge in [-0.3, -0.25) is 14.8 Å². The van der Waals surface area contributed by atoms with Crippen LogP contribution in [0, 0.1) is 18.7 Å². The topological polar surface area (TPSA) is 68.2 Å². The highest BCUT2D eigenvalue weighted by Crippen LogP contribution is 2.41. The van der Waals surface area contributed by atoms with Gasteiger partial charge in [-0.1, -0.05) is 0 Å². The monoisotopic (exact) mass is 472 g/mol. The highest BCUT2D eigenvalue weighted by Gasteiger charge is 2.49. The van der Waals surface area contributed by atoms with Crippen LogP contribution in [-0.4, -0.2) is 44.4 Å². The van der Waals surface area contributed by atoms with Crippen LogP contribution in [0.15, 0.2) is 48.8 Å². The Morgan fingerprint density at radius 3 is 2.59 bits per heavy atom. The predicted molar refractivity (Wildman–Crippen MR) is 113 cm³/mol. The van der Waals surface area contributed by atoms with Crippen LogP contribution in [0.5, 0.6) is 5.88 Å². The molecule has 2 bridgehead atoms. The number of pyridine rings is 3. The second-order valence-electron chi connectivity index (χ2n) is 8.58. The largest absolute Gasteiger partial charge is 0.472 e. The van der Waals surface area contributed by atoms with Gasteiger partial charge in [-0.2, -0.15) is 13.2 Å². The molecule has 1 aliphatic heterocycles. The van der Waals surface area contributed by atoms with Crippen molar-refractivity contribution >= 4 is 5.91 Å². The van der Waals surface area contributed by atoms with Crippen LogP contribution in [0.1, 0.15) is 34.5 Å². The smallest absolute Gasteiger partial charge is 0.417 e. The third kappa shape index (κ3) is 4.08. The molecule has 1 aliphatic carbocycles. The average Bonchev–Trinajstić information content (AvgIpc) is 3.39. The van der Waals surface area contributed by atoms with E-state index in [1.165, 1.54) is 24.4 Å². The molecule has 2 fully saturated rings. The van der Waals surface area contributed by atoms with Crippen LogP contribution in [0.2, 0.25) is 0 Å². The van der Waals surface area contributed by atoms with E-state index in [1.54, 1.807) is 24.0 Å². The number of piperidine rings is 1. The molecule has 1 saturated carbocycles. The Kier molecular flexibility index (Phi) is 5.45. The van der Waals surface area contributed by atoms with Crippen molar-refractivity contribution in [1.82, 2.24) is 19.9 Å². The number of amides is 1. The van der Waals surface area contributed by atoms with E-state index in [1.807, 2.05) is 0 Å². The molecule has 1 amide bonds. The number of hydrogen-bond donors (Lipinski definition) is 0. The number of fused-ring (bicyclic) bond motifs is 2. The Morgan fingerprint density at radius 2 is 1.91 bits per heavy atom. The lowest BCUT2D eigenvalue weighted by atomic mass is 10.0.